The number of carbonyl (C=O) groups excluding carboxylic acids is 1. The van der Waals surface area contributed by atoms with Gasteiger partial charge >= 0.3 is 0 Å². The van der Waals surface area contributed by atoms with E-state index in [0.717, 1.165) is 11.0 Å². The van der Waals surface area contributed by atoms with Gasteiger partial charge in [-0.2, -0.15) is 0 Å². The lowest BCUT2D eigenvalue weighted by Crippen LogP contribution is -2.08. The van der Waals surface area contributed by atoms with Crippen molar-refractivity contribution in [1.82, 2.24) is 9.97 Å². The van der Waals surface area contributed by atoms with Crippen molar-refractivity contribution >= 4 is 16.8 Å². The van der Waals surface area contributed by atoms with E-state index in [4.69, 9.17) is 4.74 Å². The molecule has 4 heteroatoms. The summed E-state index contributed by atoms with van der Waals surface area (Å²) in [7, 11) is 0. The third kappa shape index (κ3) is 2.23. The van der Waals surface area contributed by atoms with Crippen LogP contribution in [0.2, 0.25) is 0 Å². The normalized spacial score (nSPS) is 10.6. The molecule has 0 saturated carbocycles. The van der Waals surface area contributed by atoms with Gasteiger partial charge in [-0.3, -0.25) is 14.8 Å². The zero-order valence-corrected chi connectivity index (χ0v) is 9.01. The molecule has 0 saturated heterocycles. The molecule has 0 radical (unpaired) electrons. The zero-order chi connectivity index (χ0) is 11.4. The summed E-state index contributed by atoms with van der Waals surface area (Å²) in [6, 6.07) is 5.28. The van der Waals surface area contributed by atoms with Gasteiger partial charge in [0.1, 0.15) is 6.61 Å². The number of hydrogen-bond donors (Lipinski definition) is 0. The van der Waals surface area contributed by atoms with Crippen LogP contribution in [0.5, 0.6) is 0 Å². The Bertz CT molecular complexity index is 511. The van der Waals surface area contributed by atoms with Crippen molar-refractivity contribution in [3.8, 4) is 0 Å². The van der Waals surface area contributed by atoms with Gasteiger partial charge in [0.05, 0.1) is 11.0 Å². The highest BCUT2D eigenvalue weighted by molar-refractivity contribution is 5.99. The number of benzene rings is 1. The first-order chi connectivity index (χ1) is 7.81. The predicted molar refractivity (Wildman–Crippen MR) is 60.4 cm³/mol. The van der Waals surface area contributed by atoms with Gasteiger partial charge in [-0.1, -0.05) is 0 Å². The van der Waals surface area contributed by atoms with Gasteiger partial charge in [-0.15, -0.1) is 0 Å². The molecule has 0 atom stereocenters. The van der Waals surface area contributed by atoms with Gasteiger partial charge in [-0.25, -0.2) is 0 Å². The lowest BCUT2D eigenvalue weighted by molar-refractivity contribution is 0.0783. The molecule has 0 spiro atoms. The van der Waals surface area contributed by atoms with Crippen molar-refractivity contribution in [2.24, 2.45) is 0 Å². The van der Waals surface area contributed by atoms with Crippen LogP contribution in [-0.4, -0.2) is 29.0 Å². The molecular weight excluding hydrogens is 204 g/mol. The molecule has 1 heterocycles. The Morgan fingerprint density at radius 3 is 2.75 bits per heavy atom. The topological polar surface area (TPSA) is 52.1 Å². The molecule has 2 rings (SSSR count). The van der Waals surface area contributed by atoms with Crippen LogP contribution in [0.25, 0.3) is 11.0 Å². The Morgan fingerprint density at radius 2 is 2.00 bits per heavy atom. The van der Waals surface area contributed by atoms with Crippen molar-refractivity contribution in [2.75, 3.05) is 13.2 Å². The second kappa shape index (κ2) is 4.81. The molecule has 16 heavy (non-hydrogen) atoms. The monoisotopic (exact) mass is 216 g/mol. The molecule has 2 aromatic rings. The smallest absolute Gasteiger partial charge is 0.188 e. The summed E-state index contributed by atoms with van der Waals surface area (Å²) in [4.78, 5) is 20.0. The maximum Gasteiger partial charge on any atom is 0.188 e. The first-order valence-electron chi connectivity index (χ1n) is 5.13. The summed E-state index contributed by atoms with van der Waals surface area (Å²) < 4.78 is 5.08. The fraction of sp³-hybridized carbons (Fsp3) is 0.250. The van der Waals surface area contributed by atoms with Crippen LogP contribution in [0.1, 0.15) is 17.3 Å². The summed E-state index contributed by atoms with van der Waals surface area (Å²) in [5.41, 5.74) is 2.13. The second-order valence-corrected chi connectivity index (χ2v) is 3.32. The Morgan fingerprint density at radius 1 is 1.25 bits per heavy atom. The average Bonchev–Trinajstić information content (AvgIpc) is 2.35. The Hall–Kier alpha value is -1.81. The molecule has 0 aliphatic heterocycles. The molecule has 0 N–H and O–H groups in total. The summed E-state index contributed by atoms with van der Waals surface area (Å²) >= 11 is 0. The molecule has 0 aliphatic rings. The lowest BCUT2D eigenvalue weighted by atomic mass is 10.1. The molecule has 0 amide bonds. The van der Waals surface area contributed by atoms with Crippen molar-refractivity contribution < 1.29 is 9.53 Å². The van der Waals surface area contributed by atoms with E-state index in [0.29, 0.717) is 12.2 Å². The number of hydrogen-bond acceptors (Lipinski definition) is 4. The minimum atomic E-state index is -0.0330. The molecule has 4 nitrogen and oxygen atoms in total. The molecule has 1 aromatic heterocycles. The largest absolute Gasteiger partial charge is 0.374 e. The van der Waals surface area contributed by atoms with E-state index in [2.05, 4.69) is 9.97 Å². The molecular formula is C12H12N2O2. The fourth-order valence-electron chi connectivity index (χ4n) is 1.41. The van der Waals surface area contributed by atoms with Crippen LogP contribution >= 0.6 is 0 Å². The maximum atomic E-state index is 11.7. The van der Waals surface area contributed by atoms with Gasteiger partial charge in [0.15, 0.2) is 5.78 Å². The minimum absolute atomic E-state index is 0.0330. The summed E-state index contributed by atoms with van der Waals surface area (Å²) in [5, 5.41) is 0. The van der Waals surface area contributed by atoms with Crippen molar-refractivity contribution in [3.05, 3.63) is 36.2 Å². The van der Waals surface area contributed by atoms with E-state index in [1.165, 1.54) is 0 Å². The highest BCUT2D eigenvalue weighted by Crippen LogP contribution is 2.11. The van der Waals surface area contributed by atoms with E-state index in [-0.39, 0.29) is 12.4 Å². The highest BCUT2D eigenvalue weighted by Gasteiger charge is 2.06. The van der Waals surface area contributed by atoms with Gasteiger partial charge < -0.3 is 4.74 Å². The quantitative estimate of drug-likeness (QED) is 0.732. The number of nitrogens with zero attached hydrogens (tertiary/aromatic N) is 2. The number of aromatic nitrogens is 2. The first kappa shape index (κ1) is 10.7. The van der Waals surface area contributed by atoms with E-state index in [9.17, 15) is 4.79 Å². The summed E-state index contributed by atoms with van der Waals surface area (Å²) in [5.74, 6) is -0.0330. The van der Waals surface area contributed by atoms with Crippen molar-refractivity contribution in [1.29, 1.82) is 0 Å². The summed E-state index contributed by atoms with van der Waals surface area (Å²) in [6.07, 6.45) is 3.24. The SMILES string of the molecule is CCOCC(=O)c1ccc2nccnc2c1. The molecule has 0 unspecified atom stereocenters. The molecule has 1 aromatic carbocycles. The second-order valence-electron chi connectivity index (χ2n) is 3.32. The van der Waals surface area contributed by atoms with E-state index >= 15 is 0 Å². The molecule has 0 bridgehead atoms. The van der Waals surface area contributed by atoms with Gasteiger partial charge in [-0.05, 0) is 25.1 Å². The van der Waals surface area contributed by atoms with Crippen molar-refractivity contribution in [2.45, 2.75) is 6.92 Å². The Kier molecular flexibility index (Phi) is 3.22. The number of ketones is 1. The van der Waals surface area contributed by atoms with Crippen LogP contribution in [0.4, 0.5) is 0 Å². The van der Waals surface area contributed by atoms with E-state index < -0.39 is 0 Å². The molecule has 82 valence electrons. The third-order valence-electron chi connectivity index (χ3n) is 2.23. The third-order valence-corrected chi connectivity index (χ3v) is 2.23. The number of carbonyl (C=O) groups is 1. The number of fused-ring (bicyclic) bond motifs is 1. The molecule has 0 fully saturated rings. The molecule has 0 aliphatic carbocycles. The van der Waals surface area contributed by atoms with Gasteiger partial charge in [0.2, 0.25) is 0 Å². The lowest BCUT2D eigenvalue weighted by Gasteiger charge is -2.02. The van der Waals surface area contributed by atoms with Crippen LogP contribution in [0, 0.1) is 0 Å². The highest BCUT2D eigenvalue weighted by atomic mass is 16.5. The summed E-state index contributed by atoms with van der Waals surface area (Å²) in [6.45, 7) is 2.51. The van der Waals surface area contributed by atoms with Crippen LogP contribution < -0.4 is 0 Å². The van der Waals surface area contributed by atoms with Crippen LogP contribution in [-0.2, 0) is 4.74 Å². The van der Waals surface area contributed by atoms with E-state index in [1.54, 1.807) is 30.6 Å². The minimum Gasteiger partial charge on any atom is -0.374 e. The van der Waals surface area contributed by atoms with Gasteiger partial charge in [0.25, 0.3) is 0 Å². The maximum absolute atomic E-state index is 11.7. The predicted octanol–water partition coefficient (Wildman–Crippen LogP) is 1.85. The number of Topliss-reactive ketones (excluding diaryl/α,β-unsaturated/α-hetero) is 1. The van der Waals surface area contributed by atoms with Crippen LogP contribution in [0.3, 0.4) is 0 Å². The average molecular weight is 216 g/mol. The Labute approximate surface area is 93.3 Å². The van der Waals surface area contributed by atoms with E-state index in [1.807, 2.05) is 6.92 Å². The van der Waals surface area contributed by atoms with Gasteiger partial charge in [0, 0.05) is 24.6 Å². The van der Waals surface area contributed by atoms with Crippen LogP contribution in [0.15, 0.2) is 30.6 Å². The Balaban J connectivity index is 2.28. The number of ether oxygens (including phenoxy) is 1. The fourth-order valence-corrected chi connectivity index (χ4v) is 1.41. The number of rotatable bonds is 4. The standard InChI is InChI=1S/C12H12N2O2/c1-2-16-8-12(15)9-3-4-10-11(7-9)14-6-5-13-10/h3-7H,2,8H2,1H3. The van der Waals surface area contributed by atoms with Crippen molar-refractivity contribution in [3.63, 3.8) is 0 Å². The first-order valence-corrected chi connectivity index (χ1v) is 5.13. The zero-order valence-electron chi connectivity index (χ0n) is 9.01.